The quantitative estimate of drug-likeness (QED) is 0.514. The minimum Gasteiger partial charge on any atom is -0.310 e. The Morgan fingerprint density at radius 1 is 1.20 bits per heavy atom. The summed E-state index contributed by atoms with van der Waals surface area (Å²) in [5.41, 5.74) is 0. The molecular weight excluding hydrogens is 239 g/mol. The number of nitrogens with one attached hydrogen (secondary N) is 1. The molecule has 0 aromatic carbocycles. The number of fused-ring (bicyclic) bond motifs is 2. The first-order valence-electron chi connectivity index (χ1n) is 4.01. The zero-order valence-electron chi connectivity index (χ0n) is 6.02. The standard InChI is InChI=1S/C7H13IN2/c8-10-4-3-6-1-2-7(5-10)9-6/h6-7,9H,1-5H2. The van der Waals surface area contributed by atoms with E-state index in [4.69, 9.17) is 0 Å². The molecule has 0 aromatic rings. The van der Waals surface area contributed by atoms with Crippen LogP contribution in [0.1, 0.15) is 19.3 Å². The Hall–Kier alpha value is 0.650. The summed E-state index contributed by atoms with van der Waals surface area (Å²) in [5, 5.41) is 3.64. The van der Waals surface area contributed by atoms with Gasteiger partial charge in [0.25, 0.3) is 0 Å². The van der Waals surface area contributed by atoms with E-state index < -0.39 is 0 Å². The third-order valence-corrected chi connectivity index (χ3v) is 3.35. The first-order chi connectivity index (χ1) is 4.84. The summed E-state index contributed by atoms with van der Waals surface area (Å²) < 4.78 is 2.41. The predicted octanol–water partition coefficient (Wildman–Crippen LogP) is 1.16. The van der Waals surface area contributed by atoms with E-state index in [1.54, 1.807) is 0 Å². The maximum Gasteiger partial charge on any atom is 0.0235 e. The normalized spacial score (nSPS) is 41.7. The molecule has 2 fully saturated rings. The highest BCUT2D eigenvalue weighted by molar-refractivity contribution is 14.1. The van der Waals surface area contributed by atoms with Gasteiger partial charge in [-0.2, -0.15) is 0 Å². The number of hydrogen-bond acceptors (Lipinski definition) is 2. The van der Waals surface area contributed by atoms with E-state index in [0.717, 1.165) is 12.1 Å². The van der Waals surface area contributed by atoms with Crippen molar-refractivity contribution in [2.24, 2.45) is 0 Å². The Kier molecular flexibility index (Phi) is 2.15. The summed E-state index contributed by atoms with van der Waals surface area (Å²) in [7, 11) is 0. The molecule has 2 unspecified atom stereocenters. The van der Waals surface area contributed by atoms with Crippen LogP contribution in [0.5, 0.6) is 0 Å². The van der Waals surface area contributed by atoms with Crippen LogP contribution < -0.4 is 5.32 Å². The fourth-order valence-electron chi connectivity index (χ4n) is 1.90. The van der Waals surface area contributed by atoms with Gasteiger partial charge in [-0.25, -0.2) is 3.11 Å². The van der Waals surface area contributed by atoms with Gasteiger partial charge in [0.1, 0.15) is 0 Å². The molecule has 2 aliphatic heterocycles. The van der Waals surface area contributed by atoms with Crippen LogP contribution in [-0.2, 0) is 0 Å². The van der Waals surface area contributed by atoms with Crippen molar-refractivity contribution in [1.82, 2.24) is 8.43 Å². The van der Waals surface area contributed by atoms with E-state index in [1.807, 2.05) is 0 Å². The zero-order chi connectivity index (χ0) is 6.97. The summed E-state index contributed by atoms with van der Waals surface area (Å²) in [6.45, 7) is 2.52. The van der Waals surface area contributed by atoms with E-state index in [-0.39, 0.29) is 0 Å². The minimum absolute atomic E-state index is 0.796. The van der Waals surface area contributed by atoms with Gasteiger partial charge in [0.15, 0.2) is 0 Å². The van der Waals surface area contributed by atoms with E-state index in [2.05, 4.69) is 31.3 Å². The highest BCUT2D eigenvalue weighted by Crippen LogP contribution is 2.21. The van der Waals surface area contributed by atoms with Crippen LogP contribution in [0.4, 0.5) is 0 Å². The van der Waals surface area contributed by atoms with Crippen molar-refractivity contribution in [2.45, 2.75) is 31.3 Å². The predicted molar refractivity (Wildman–Crippen MR) is 50.2 cm³/mol. The maximum absolute atomic E-state index is 3.64. The topological polar surface area (TPSA) is 15.3 Å². The molecule has 0 aromatic heterocycles. The van der Waals surface area contributed by atoms with E-state index >= 15 is 0 Å². The van der Waals surface area contributed by atoms with Crippen molar-refractivity contribution in [2.75, 3.05) is 13.1 Å². The second kappa shape index (κ2) is 2.95. The van der Waals surface area contributed by atoms with Crippen molar-refractivity contribution in [3.05, 3.63) is 0 Å². The number of rotatable bonds is 0. The summed E-state index contributed by atoms with van der Waals surface area (Å²) >= 11 is 2.43. The van der Waals surface area contributed by atoms with Gasteiger partial charge in [-0.15, -0.1) is 0 Å². The van der Waals surface area contributed by atoms with Crippen LogP contribution in [-0.4, -0.2) is 28.3 Å². The van der Waals surface area contributed by atoms with Crippen molar-refractivity contribution in [1.29, 1.82) is 0 Å². The Morgan fingerprint density at radius 2 is 2.00 bits per heavy atom. The van der Waals surface area contributed by atoms with Gasteiger partial charge >= 0.3 is 0 Å². The third kappa shape index (κ3) is 1.46. The van der Waals surface area contributed by atoms with Crippen LogP contribution in [0, 0.1) is 0 Å². The highest BCUT2D eigenvalue weighted by Gasteiger charge is 2.27. The maximum atomic E-state index is 3.64. The minimum atomic E-state index is 0.796. The van der Waals surface area contributed by atoms with Crippen LogP contribution in [0.3, 0.4) is 0 Å². The molecule has 58 valence electrons. The molecule has 0 radical (unpaired) electrons. The fraction of sp³-hybridized carbons (Fsp3) is 1.00. The molecule has 2 bridgehead atoms. The number of hydrogen-bond donors (Lipinski definition) is 1. The summed E-state index contributed by atoms with van der Waals surface area (Å²) in [6, 6.07) is 1.63. The Balaban J connectivity index is 1.99. The lowest BCUT2D eigenvalue weighted by molar-refractivity contribution is 0.454. The zero-order valence-corrected chi connectivity index (χ0v) is 8.17. The average molecular weight is 252 g/mol. The third-order valence-electron chi connectivity index (χ3n) is 2.47. The fourth-order valence-corrected chi connectivity index (χ4v) is 2.65. The van der Waals surface area contributed by atoms with E-state index in [9.17, 15) is 0 Å². The molecule has 2 aliphatic rings. The molecule has 2 atom stereocenters. The van der Waals surface area contributed by atoms with Crippen LogP contribution in [0.2, 0.25) is 0 Å². The number of nitrogens with zero attached hydrogens (tertiary/aromatic N) is 1. The summed E-state index contributed by atoms with van der Waals surface area (Å²) in [6.07, 6.45) is 4.15. The van der Waals surface area contributed by atoms with Gasteiger partial charge in [0.05, 0.1) is 0 Å². The van der Waals surface area contributed by atoms with Gasteiger partial charge < -0.3 is 5.32 Å². The summed E-state index contributed by atoms with van der Waals surface area (Å²) in [4.78, 5) is 0. The smallest absolute Gasteiger partial charge is 0.0235 e. The molecule has 1 N–H and O–H groups in total. The number of halogens is 1. The van der Waals surface area contributed by atoms with Crippen LogP contribution in [0.15, 0.2) is 0 Å². The molecule has 0 amide bonds. The lowest BCUT2D eigenvalue weighted by Gasteiger charge is -2.15. The molecular formula is C7H13IN2. The molecule has 0 spiro atoms. The van der Waals surface area contributed by atoms with Gasteiger partial charge in [0, 0.05) is 48.0 Å². The van der Waals surface area contributed by atoms with E-state index in [0.29, 0.717) is 0 Å². The van der Waals surface area contributed by atoms with Gasteiger partial charge in [-0.3, -0.25) is 0 Å². The molecule has 0 aliphatic carbocycles. The SMILES string of the molecule is IN1CCC2CCC(C1)N2. The Morgan fingerprint density at radius 3 is 2.90 bits per heavy atom. The van der Waals surface area contributed by atoms with Crippen molar-refractivity contribution >= 4 is 22.9 Å². The molecule has 10 heavy (non-hydrogen) atoms. The molecule has 2 heterocycles. The molecule has 3 heteroatoms. The monoisotopic (exact) mass is 252 g/mol. The van der Waals surface area contributed by atoms with Gasteiger partial charge in [0.2, 0.25) is 0 Å². The lowest BCUT2D eigenvalue weighted by atomic mass is 10.1. The molecule has 2 saturated heterocycles. The largest absolute Gasteiger partial charge is 0.310 e. The van der Waals surface area contributed by atoms with Gasteiger partial charge in [-0.1, -0.05) is 0 Å². The van der Waals surface area contributed by atoms with Crippen LogP contribution in [0.25, 0.3) is 0 Å². The lowest BCUT2D eigenvalue weighted by Crippen LogP contribution is -2.31. The Bertz CT molecular complexity index is 129. The van der Waals surface area contributed by atoms with Gasteiger partial charge in [-0.05, 0) is 19.3 Å². The second-order valence-corrected chi connectivity index (χ2v) is 4.66. The summed E-state index contributed by atoms with van der Waals surface area (Å²) in [5.74, 6) is 0. The van der Waals surface area contributed by atoms with Crippen molar-refractivity contribution in [3.63, 3.8) is 0 Å². The first kappa shape index (κ1) is 7.31. The second-order valence-electron chi connectivity index (χ2n) is 3.30. The molecule has 2 rings (SSSR count). The molecule has 2 nitrogen and oxygen atoms in total. The highest BCUT2D eigenvalue weighted by atomic mass is 127. The first-order valence-corrected chi connectivity index (χ1v) is 4.98. The van der Waals surface area contributed by atoms with Crippen LogP contribution >= 0.6 is 22.9 Å². The van der Waals surface area contributed by atoms with Crippen molar-refractivity contribution < 1.29 is 0 Å². The van der Waals surface area contributed by atoms with E-state index in [1.165, 1.54) is 32.4 Å². The molecule has 0 saturated carbocycles. The Labute approximate surface area is 75.8 Å². The average Bonchev–Trinajstić information content (AvgIpc) is 2.22. The van der Waals surface area contributed by atoms with Crippen molar-refractivity contribution in [3.8, 4) is 0 Å².